The summed E-state index contributed by atoms with van der Waals surface area (Å²) in [5, 5.41) is 23.2. The molecular weight excluding hydrogens is 843 g/mol. The van der Waals surface area contributed by atoms with Crippen molar-refractivity contribution in [2.45, 2.75) is 366 Å². The summed E-state index contributed by atoms with van der Waals surface area (Å²) >= 11 is 0. The Kier molecular flexibility index (Phi) is 59.7. The van der Waals surface area contributed by atoms with Crippen molar-refractivity contribution in [3.05, 3.63) is 36.5 Å². The van der Waals surface area contributed by atoms with Crippen molar-refractivity contribution in [2.75, 3.05) is 6.61 Å². The van der Waals surface area contributed by atoms with Crippen molar-refractivity contribution in [3.63, 3.8) is 0 Å². The Labute approximate surface area is 433 Å². The van der Waals surface area contributed by atoms with Gasteiger partial charge in [0, 0.05) is 6.42 Å². The van der Waals surface area contributed by atoms with E-state index < -0.39 is 12.1 Å². The SMILES string of the molecule is CCCCCCCCCCCCCCCCC/C=C/CC/C=C/CC/C=C/C(O)C(CO)NC(=O)CCCCCCCCCCCCCCCCCCCCCCCCCCCCCCCCCC. The minimum Gasteiger partial charge on any atom is -0.394 e. The highest BCUT2D eigenvalue weighted by Gasteiger charge is 2.18. The number of hydrogen-bond donors (Lipinski definition) is 3. The number of amides is 1. The number of aliphatic hydroxyl groups excluding tert-OH is 2. The molecule has 408 valence electrons. The van der Waals surface area contributed by atoms with Crippen LogP contribution in [-0.4, -0.2) is 34.9 Å². The normalized spacial score (nSPS) is 12.9. The lowest BCUT2D eigenvalue weighted by Gasteiger charge is -2.19. The summed E-state index contributed by atoms with van der Waals surface area (Å²) in [7, 11) is 0. The van der Waals surface area contributed by atoms with Crippen LogP contribution < -0.4 is 5.32 Å². The van der Waals surface area contributed by atoms with Gasteiger partial charge in [-0.3, -0.25) is 4.79 Å². The van der Waals surface area contributed by atoms with Crippen LogP contribution in [0.3, 0.4) is 0 Å². The van der Waals surface area contributed by atoms with Gasteiger partial charge in [0.25, 0.3) is 0 Å². The topological polar surface area (TPSA) is 69.6 Å². The predicted molar refractivity (Wildman–Crippen MR) is 308 cm³/mol. The van der Waals surface area contributed by atoms with Gasteiger partial charge in [0.05, 0.1) is 18.8 Å². The van der Waals surface area contributed by atoms with Gasteiger partial charge in [-0.15, -0.1) is 0 Å². The summed E-state index contributed by atoms with van der Waals surface area (Å²) in [5.41, 5.74) is 0. The van der Waals surface area contributed by atoms with Crippen molar-refractivity contribution in [1.82, 2.24) is 5.32 Å². The van der Waals surface area contributed by atoms with E-state index >= 15 is 0 Å². The van der Waals surface area contributed by atoms with Gasteiger partial charge < -0.3 is 15.5 Å². The third-order valence-electron chi connectivity index (χ3n) is 14.9. The average Bonchev–Trinajstić information content (AvgIpc) is 3.35. The lowest BCUT2D eigenvalue weighted by Crippen LogP contribution is -2.45. The molecule has 0 aromatic rings. The van der Waals surface area contributed by atoms with Crippen molar-refractivity contribution in [3.8, 4) is 0 Å². The monoisotopic (exact) mass is 968 g/mol. The van der Waals surface area contributed by atoms with Gasteiger partial charge in [-0.2, -0.15) is 0 Å². The molecule has 0 bridgehead atoms. The Balaban J connectivity index is 3.47. The highest BCUT2D eigenvalue weighted by atomic mass is 16.3. The summed E-state index contributed by atoms with van der Waals surface area (Å²) in [5.74, 6) is -0.0705. The van der Waals surface area contributed by atoms with Crippen molar-refractivity contribution < 1.29 is 15.0 Å². The zero-order chi connectivity index (χ0) is 49.9. The third-order valence-corrected chi connectivity index (χ3v) is 14.9. The van der Waals surface area contributed by atoms with Crippen molar-refractivity contribution >= 4 is 5.91 Å². The first-order chi connectivity index (χ1) is 34.2. The fraction of sp³-hybridized carbons (Fsp3) is 0.892. The van der Waals surface area contributed by atoms with E-state index in [2.05, 4.69) is 43.5 Å². The Morgan fingerprint density at radius 2 is 0.565 bits per heavy atom. The van der Waals surface area contributed by atoms with Crippen LogP contribution >= 0.6 is 0 Å². The van der Waals surface area contributed by atoms with Gasteiger partial charge in [0.2, 0.25) is 5.91 Å². The summed E-state index contributed by atoms with van der Waals surface area (Å²) in [6.45, 7) is 4.34. The van der Waals surface area contributed by atoms with Crippen LogP contribution in [-0.2, 0) is 4.79 Å². The minimum atomic E-state index is -0.870. The maximum absolute atomic E-state index is 12.5. The third kappa shape index (κ3) is 57.4. The molecule has 4 nitrogen and oxygen atoms in total. The molecule has 0 aromatic heterocycles. The van der Waals surface area contributed by atoms with Crippen LogP contribution in [0.1, 0.15) is 354 Å². The van der Waals surface area contributed by atoms with E-state index in [0.717, 1.165) is 38.5 Å². The Bertz CT molecular complexity index is 1050. The molecule has 3 N–H and O–H groups in total. The van der Waals surface area contributed by atoms with E-state index in [1.165, 1.54) is 295 Å². The second-order valence-electron chi connectivity index (χ2n) is 21.8. The number of carbonyl (C=O) groups is 1. The summed E-state index contributed by atoms with van der Waals surface area (Å²) in [6, 6.07) is -0.645. The van der Waals surface area contributed by atoms with Crippen molar-refractivity contribution in [2.24, 2.45) is 0 Å². The predicted octanol–water partition coefficient (Wildman–Crippen LogP) is 21.2. The molecule has 4 heteroatoms. The highest BCUT2D eigenvalue weighted by Crippen LogP contribution is 2.18. The Morgan fingerprint density at radius 1 is 0.333 bits per heavy atom. The molecule has 0 saturated carbocycles. The van der Waals surface area contributed by atoms with Crippen molar-refractivity contribution in [1.29, 1.82) is 0 Å². The Hall–Kier alpha value is -1.39. The summed E-state index contributed by atoms with van der Waals surface area (Å²) < 4.78 is 0. The molecule has 0 radical (unpaired) electrons. The molecule has 69 heavy (non-hydrogen) atoms. The molecule has 1 amide bonds. The van der Waals surface area contributed by atoms with E-state index in [9.17, 15) is 15.0 Å². The van der Waals surface area contributed by atoms with Gasteiger partial charge in [-0.05, 0) is 44.9 Å². The van der Waals surface area contributed by atoms with Crippen LogP contribution in [0.5, 0.6) is 0 Å². The maximum atomic E-state index is 12.5. The van der Waals surface area contributed by atoms with Gasteiger partial charge >= 0.3 is 0 Å². The summed E-state index contributed by atoms with van der Waals surface area (Å²) in [4.78, 5) is 12.5. The zero-order valence-electron chi connectivity index (χ0n) is 47.1. The molecule has 0 fully saturated rings. The van der Waals surface area contributed by atoms with Crippen LogP contribution in [0.2, 0.25) is 0 Å². The molecule has 0 heterocycles. The molecule has 0 rings (SSSR count). The molecular formula is C65H125NO3. The van der Waals surface area contributed by atoms with Crippen LogP contribution in [0.4, 0.5) is 0 Å². The smallest absolute Gasteiger partial charge is 0.220 e. The fourth-order valence-electron chi connectivity index (χ4n) is 10.0. The van der Waals surface area contributed by atoms with Gasteiger partial charge in [0.15, 0.2) is 0 Å². The van der Waals surface area contributed by atoms with Gasteiger partial charge in [0.1, 0.15) is 0 Å². The van der Waals surface area contributed by atoms with Gasteiger partial charge in [-0.25, -0.2) is 0 Å². The molecule has 2 unspecified atom stereocenters. The zero-order valence-corrected chi connectivity index (χ0v) is 47.1. The molecule has 0 aromatic carbocycles. The molecule has 0 aliphatic carbocycles. The second-order valence-corrected chi connectivity index (χ2v) is 21.8. The van der Waals surface area contributed by atoms with E-state index in [0.29, 0.717) is 6.42 Å². The number of rotatable bonds is 59. The lowest BCUT2D eigenvalue weighted by atomic mass is 10.0. The molecule has 0 aliphatic heterocycles. The minimum absolute atomic E-state index is 0.0705. The number of aliphatic hydroxyl groups is 2. The molecule has 0 spiro atoms. The first-order valence-corrected chi connectivity index (χ1v) is 31.7. The number of unbranched alkanes of at least 4 members (excludes halogenated alkanes) is 48. The summed E-state index contributed by atoms with van der Waals surface area (Å²) in [6.07, 6.45) is 83.5. The Morgan fingerprint density at radius 3 is 0.841 bits per heavy atom. The van der Waals surface area contributed by atoms with E-state index in [4.69, 9.17) is 0 Å². The lowest BCUT2D eigenvalue weighted by molar-refractivity contribution is -0.123. The largest absolute Gasteiger partial charge is 0.394 e. The number of hydrogen-bond acceptors (Lipinski definition) is 3. The standard InChI is InChI=1S/C65H125NO3/c1-3-5-7-9-11-13-15-17-19-21-23-25-27-29-30-31-32-33-34-35-37-39-41-43-45-47-49-51-53-55-57-59-61-65(69)66-63(62-67)64(68)60-58-56-54-52-50-48-46-44-42-40-38-36-28-26-24-22-20-18-16-14-12-10-8-6-4-2/h42,44,50,52,58,60,63-64,67-68H,3-41,43,45-49,51,53-57,59,61-62H2,1-2H3,(H,66,69)/b44-42+,52-50+,60-58+. The van der Waals surface area contributed by atoms with E-state index in [1.807, 2.05) is 6.08 Å². The molecule has 0 aliphatic rings. The van der Waals surface area contributed by atoms with E-state index in [-0.39, 0.29) is 12.5 Å². The average molecular weight is 969 g/mol. The quantitative estimate of drug-likeness (QED) is 0.0420. The first-order valence-electron chi connectivity index (χ1n) is 31.7. The number of nitrogens with one attached hydrogen (secondary N) is 1. The van der Waals surface area contributed by atoms with Crippen LogP contribution in [0.15, 0.2) is 36.5 Å². The van der Waals surface area contributed by atoms with E-state index in [1.54, 1.807) is 6.08 Å². The van der Waals surface area contributed by atoms with Crippen LogP contribution in [0.25, 0.3) is 0 Å². The van der Waals surface area contributed by atoms with Gasteiger partial charge in [-0.1, -0.05) is 339 Å². The highest BCUT2D eigenvalue weighted by molar-refractivity contribution is 5.76. The maximum Gasteiger partial charge on any atom is 0.220 e. The van der Waals surface area contributed by atoms with Crippen LogP contribution in [0, 0.1) is 0 Å². The second kappa shape index (κ2) is 60.9. The fourth-order valence-corrected chi connectivity index (χ4v) is 10.0. The molecule has 0 saturated heterocycles. The molecule has 2 atom stereocenters. The number of allylic oxidation sites excluding steroid dienone is 5. The first kappa shape index (κ1) is 67.6. The number of carbonyl (C=O) groups excluding carboxylic acids is 1.